The van der Waals surface area contributed by atoms with Crippen LogP contribution in [0.4, 0.5) is 0 Å². The van der Waals surface area contributed by atoms with Crippen molar-refractivity contribution in [3.05, 3.63) is 59.9 Å². The maximum Gasteiger partial charge on any atom is 0.172 e. The maximum atomic E-state index is 12.5. The third-order valence-corrected chi connectivity index (χ3v) is 4.94. The Morgan fingerprint density at radius 2 is 1.91 bits per heavy atom. The van der Waals surface area contributed by atoms with Crippen molar-refractivity contribution >= 4 is 17.5 Å². The van der Waals surface area contributed by atoms with Crippen LogP contribution >= 0.6 is 11.8 Å². The number of ketones is 1. The smallest absolute Gasteiger partial charge is 0.172 e. The van der Waals surface area contributed by atoms with Gasteiger partial charge in [0, 0.05) is 27.8 Å². The number of carbonyl (C=O) groups is 1. The summed E-state index contributed by atoms with van der Waals surface area (Å²) in [7, 11) is 0. The SMILES string of the molecule is O=C1Cc2cc(-c3ccco3)ccc2Sc2cc(O)cc(O)c21. The Morgan fingerprint density at radius 3 is 2.70 bits per heavy atom. The summed E-state index contributed by atoms with van der Waals surface area (Å²) in [5, 5.41) is 19.7. The van der Waals surface area contributed by atoms with E-state index in [2.05, 4.69) is 0 Å². The molecule has 2 N–H and O–H groups in total. The van der Waals surface area contributed by atoms with Crippen molar-refractivity contribution < 1.29 is 19.4 Å². The first kappa shape index (κ1) is 14.0. The van der Waals surface area contributed by atoms with Crippen molar-refractivity contribution in [2.45, 2.75) is 16.2 Å². The van der Waals surface area contributed by atoms with Crippen molar-refractivity contribution in [3.8, 4) is 22.8 Å². The zero-order chi connectivity index (χ0) is 16.0. The van der Waals surface area contributed by atoms with E-state index in [0.717, 1.165) is 21.8 Å². The Bertz CT molecular complexity index is 913. The van der Waals surface area contributed by atoms with Crippen LogP contribution in [0.2, 0.25) is 0 Å². The first-order chi connectivity index (χ1) is 11.1. The zero-order valence-electron chi connectivity index (χ0n) is 11.9. The average molecular weight is 324 g/mol. The Labute approximate surface area is 136 Å². The van der Waals surface area contributed by atoms with Gasteiger partial charge in [-0.15, -0.1) is 0 Å². The molecule has 1 aromatic heterocycles. The molecule has 0 saturated heterocycles. The van der Waals surface area contributed by atoms with Crippen molar-refractivity contribution in [1.82, 2.24) is 0 Å². The second-order valence-electron chi connectivity index (χ2n) is 5.34. The second kappa shape index (κ2) is 5.21. The summed E-state index contributed by atoms with van der Waals surface area (Å²) in [5.74, 6) is 0.335. The summed E-state index contributed by atoms with van der Waals surface area (Å²) in [6.07, 6.45) is 1.81. The van der Waals surface area contributed by atoms with Gasteiger partial charge in [0.05, 0.1) is 11.8 Å². The molecule has 4 rings (SSSR count). The topological polar surface area (TPSA) is 70.7 Å². The lowest BCUT2D eigenvalue weighted by atomic mass is 10.00. The third kappa shape index (κ3) is 2.39. The van der Waals surface area contributed by atoms with Gasteiger partial charge in [0.1, 0.15) is 17.3 Å². The van der Waals surface area contributed by atoms with E-state index in [1.807, 2.05) is 30.3 Å². The van der Waals surface area contributed by atoms with Gasteiger partial charge in [-0.05, 0) is 35.9 Å². The molecule has 0 saturated carbocycles. The summed E-state index contributed by atoms with van der Waals surface area (Å²) in [6.45, 7) is 0. The zero-order valence-corrected chi connectivity index (χ0v) is 12.8. The quantitative estimate of drug-likeness (QED) is 0.700. The number of phenolic OH excluding ortho intramolecular Hbond substituents is 2. The average Bonchev–Trinajstić information content (AvgIpc) is 2.98. The number of Topliss-reactive ketones (excluding diaryl/α,β-unsaturated/α-hetero) is 1. The highest BCUT2D eigenvalue weighted by atomic mass is 32.2. The standard InChI is InChI=1S/C18H12O4S/c19-12-8-14(21)18-13(20)7-11-6-10(15-2-1-5-22-15)3-4-16(11)23-17(18)9-12/h1-6,8-9,19,21H,7H2. The first-order valence-corrected chi connectivity index (χ1v) is 7.87. The predicted octanol–water partition coefficient (Wildman–Crippen LogP) is 4.25. The predicted molar refractivity (Wildman–Crippen MR) is 86.1 cm³/mol. The number of hydrogen-bond donors (Lipinski definition) is 2. The Balaban J connectivity index is 1.83. The normalized spacial score (nSPS) is 13.3. The molecular formula is C18H12O4S. The molecule has 1 aliphatic heterocycles. The lowest BCUT2D eigenvalue weighted by Gasteiger charge is -2.07. The van der Waals surface area contributed by atoms with Crippen LogP contribution < -0.4 is 0 Å². The number of hydrogen-bond acceptors (Lipinski definition) is 5. The fourth-order valence-electron chi connectivity index (χ4n) is 2.74. The van der Waals surface area contributed by atoms with Crippen molar-refractivity contribution in [1.29, 1.82) is 0 Å². The van der Waals surface area contributed by atoms with Crippen LogP contribution in [0.15, 0.2) is 62.9 Å². The van der Waals surface area contributed by atoms with Gasteiger partial charge in [-0.3, -0.25) is 4.79 Å². The van der Waals surface area contributed by atoms with Gasteiger partial charge in [-0.2, -0.15) is 0 Å². The highest BCUT2D eigenvalue weighted by molar-refractivity contribution is 7.99. The van der Waals surface area contributed by atoms with E-state index in [1.54, 1.807) is 6.26 Å². The molecule has 0 bridgehead atoms. The number of carbonyl (C=O) groups excluding carboxylic acids is 1. The van der Waals surface area contributed by atoms with E-state index >= 15 is 0 Å². The molecule has 0 unspecified atom stereocenters. The minimum Gasteiger partial charge on any atom is -0.508 e. The lowest BCUT2D eigenvalue weighted by Crippen LogP contribution is -2.03. The molecule has 0 aliphatic carbocycles. The minimum atomic E-state index is -0.184. The van der Waals surface area contributed by atoms with Crippen LogP contribution in [0, 0.1) is 0 Å². The van der Waals surface area contributed by atoms with Gasteiger partial charge < -0.3 is 14.6 Å². The highest BCUT2D eigenvalue weighted by Crippen LogP contribution is 2.43. The maximum absolute atomic E-state index is 12.5. The van der Waals surface area contributed by atoms with E-state index in [9.17, 15) is 15.0 Å². The molecule has 0 atom stereocenters. The Kier molecular flexibility index (Phi) is 3.16. The number of aromatic hydroxyl groups is 2. The third-order valence-electron chi connectivity index (χ3n) is 3.78. The lowest BCUT2D eigenvalue weighted by molar-refractivity contribution is 0.0987. The molecule has 0 fully saturated rings. The number of fused-ring (bicyclic) bond motifs is 2. The molecule has 3 aromatic rings. The fraction of sp³-hybridized carbons (Fsp3) is 0.0556. The molecular weight excluding hydrogens is 312 g/mol. The van der Waals surface area contributed by atoms with E-state index in [-0.39, 0.29) is 29.3 Å². The van der Waals surface area contributed by atoms with Crippen LogP contribution in [-0.2, 0) is 6.42 Å². The summed E-state index contributed by atoms with van der Waals surface area (Å²) in [6, 6.07) is 12.2. The van der Waals surface area contributed by atoms with Crippen LogP contribution in [0.25, 0.3) is 11.3 Å². The fourth-order valence-corrected chi connectivity index (χ4v) is 3.88. The molecule has 1 aliphatic rings. The van der Waals surface area contributed by atoms with Gasteiger partial charge in [0.15, 0.2) is 5.78 Å². The van der Waals surface area contributed by atoms with Crippen LogP contribution in [0.3, 0.4) is 0 Å². The number of phenols is 2. The number of furan rings is 1. The van der Waals surface area contributed by atoms with Gasteiger partial charge in [-0.25, -0.2) is 0 Å². The monoisotopic (exact) mass is 324 g/mol. The number of benzene rings is 2. The van der Waals surface area contributed by atoms with Crippen molar-refractivity contribution in [2.24, 2.45) is 0 Å². The van der Waals surface area contributed by atoms with Crippen LogP contribution in [-0.4, -0.2) is 16.0 Å². The van der Waals surface area contributed by atoms with Gasteiger partial charge >= 0.3 is 0 Å². The molecule has 2 aromatic carbocycles. The summed E-state index contributed by atoms with van der Waals surface area (Å²) < 4.78 is 5.40. The summed E-state index contributed by atoms with van der Waals surface area (Å²) in [5.41, 5.74) is 2.05. The molecule has 5 heteroatoms. The molecule has 0 amide bonds. The van der Waals surface area contributed by atoms with E-state index in [4.69, 9.17) is 4.42 Å². The van der Waals surface area contributed by atoms with Gasteiger partial charge in [-0.1, -0.05) is 17.8 Å². The van der Waals surface area contributed by atoms with Gasteiger partial charge in [0.25, 0.3) is 0 Å². The second-order valence-corrected chi connectivity index (χ2v) is 6.42. The Morgan fingerprint density at radius 1 is 1.04 bits per heavy atom. The molecule has 0 spiro atoms. The van der Waals surface area contributed by atoms with Crippen molar-refractivity contribution in [3.63, 3.8) is 0 Å². The van der Waals surface area contributed by atoms with E-state index in [1.165, 1.54) is 23.9 Å². The van der Waals surface area contributed by atoms with Crippen LogP contribution in [0.5, 0.6) is 11.5 Å². The molecule has 2 heterocycles. The van der Waals surface area contributed by atoms with E-state index in [0.29, 0.717) is 4.90 Å². The van der Waals surface area contributed by atoms with Crippen molar-refractivity contribution in [2.75, 3.05) is 0 Å². The minimum absolute atomic E-state index is 0.0581. The Hall–Kier alpha value is -2.66. The molecule has 4 nitrogen and oxygen atoms in total. The highest BCUT2D eigenvalue weighted by Gasteiger charge is 2.24. The van der Waals surface area contributed by atoms with Gasteiger partial charge in [0.2, 0.25) is 0 Å². The first-order valence-electron chi connectivity index (χ1n) is 7.05. The molecule has 0 radical (unpaired) electrons. The number of rotatable bonds is 1. The summed E-state index contributed by atoms with van der Waals surface area (Å²) in [4.78, 5) is 14.0. The summed E-state index contributed by atoms with van der Waals surface area (Å²) >= 11 is 1.37. The largest absolute Gasteiger partial charge is 0.508 e. The molecule has 114 valence electrons. The van der Waals surface area contributed by atoms with Crippen LogP contribution in [0.1, 0.15) is 15.9 Å². The van der Waals surface area contributed by atoms with E-state index < -0.39 is 0 Å². The molecule has 23 heavy (non-hydrogen) atoms.